The summed E-state index contributed by atoms with van der Waals surface area (Å²) < 4.78 is 28.1. The Hall–Kier alpha value is -4.18. The van der Waals surface area contributed by atoms with Gasteiger partial charge in [0.05, 0.1) is 16.0 Å². The van der Waals surface area contributed by atoms with Crippen molar-refractivity contribution in [3.8, 4) is 0 Å². The van der Waals surface area contributed by atoms with E-state index in [0.29, 0.717) is 11.3 Å². The lowest BCUT2D eigenvalue weighted by Crippen LogP contribution is -2.17. The van der Waals surface area contributed by atoms with Crippen LogP contribution in [0.25, 0.3) is 0 Å². The van der Waals surface area contributed by atoms with Gasteiger partial charge in [-0.05, 0) is 67.1 Å². The van der Waals surface area contributed by atoms with E-state index in [1.54, 1.807) is 6.92 Å². The van der Waals surface area contributed by atoms with Crippen LogP contribution < -0.4 is 10.0 Å². The minimum atomic E-state index is -4.12. The maximum Gasteiger partial charge on any atom is 0.335 e. The molecular formula is C22H18N2O7S. The van der Waals surface area contributed by atoms with E-state index >= 15 is 0 Å². The lowest BCUT2D eigenvalue weighted by atomic mass is 10.1. The Kier molecular flexibility index (Phi) is 6.26. The quantitative estimate of drug-likeness (QED) is 0.427. The third-order valence-corrected chi connectivity index (χ3v) is 6.01. The van der Waals surface area contributed by atoms with Crippen molar-refractivity contribution in [2.45, 2.75) is 11.8 Å². The van der Waals surface area contributed by atoms with E-state index in [1.165, 1.54) is 66.7 Å². The molecule has 4 N–H and O–H groups in total. The number of carbonyl (C=O) groups excluding carboxylic acids is 1. The first-order valence-electron chi connectivity index (χ1n) is 9.18. The van der Waals surface area contributed by atoms with Gasteiger partial charge in [0.2, 0.25) is 0 Å². The molecule has 3 rings (SSSR count). The highest BCUT2D eigenvalue weighted by atomic mass is 32.2. The van der Waals surface area contributed by atoms with Gasteiger partial charge in [0.25, 0.3) is 15.9 Å². The Morgan fingerprint density at radius 3 is 2.00 bits per heavy atom. The Labute approximate surface area is 183 Å². The van der Waals surface area contributed by atoms with E-state index in [-0.39, 0.29) is 27.3 Å². The summed E-state index contributed by atoms with van der Waals surface area (Å²) in [5.41, 5.74) is 0.840. The van der Waals surface area contributed by atoms with Crippen molar-refractivity contribution in [3.63, 3.8) is 0 Å². The number of nitrogens with one attached hydrogen (secondary N) is 2. The molecule has 0 unspecified atom stereocenters. The molecule has 0 saturated heterocycles. The number of aryl methyl sites for hydroxylation is 1. The molecule has 0 bridgehead atoms. The number of hydrogen-bond donors (Lipinski definition) is 4. The lowest BCUT2D eigenvalue weighted by Gasteiger charge is -2.13. The van der Waals surface area contributed by atoms with Crippen LogP contribution in [0.2, 0.25) is 0 Å². The molecule has 3 aromatic rings. The Balaban J connectivity index is 1.85. The van der Waals surface area contributed by atoms with E-state index in [4.69, 9.17) is 10.2 Å². The summed E-state index contributed by atoms with van der Waals surface area (Å²) in [4.78, 5) is 34.5. The van der Waals surface area contributed by atoms with Crippen molar-refractivity contribution in [3.05, 3.63) is 89.0 Å². The fraction of sp³-hybridized carbons (Fsp3) is 0.0455. The Morgan fingerprint density at radius 1 is 0.750 bits per heavy atom. The van der Waals surface area contributed by atoms with Crippen LogP contribution >= 0.6 is 0 Å². The van der Waals surface area contributed by atoms with Gasteiger partial charge in [-0.2, -0.15) is 0 Å². The number of hydrogen-bond acceptors (Lipinski definition) is 5. The summed E-state index contributed by atoms with van der Waals surface area (Å²) in [7, 11) is -4.12. The average Bonchev–Trinajstić information content (AvgIpc) is 2.74. The van der Waals surface area contributed by atoms with E-state index < -0.39 is 27.9 Å². The molecule has 0 heterocycles. The highest BCUT2D eigenvalue weighted by Gasteiger charge is 2.20. The van der Waals surface area contributed by atoms with Crippen molar-refractivity contribution in [2.75, 3.05) is 10.0 Å². The zero-order valence-electron chi connectivity index (χ0n) is 16.7. The van der Waals surface area contributed by atoms with Crippen LogP contribution in [0.1, 0.15) is 36.6 Å². The molecule has 10 heteroatoms. The predicted molar refractivity (Wildman–Crippen MR) is 117 cm³/mol. The molecule has 32 heavy (non-hydrogen) atoms. The molecule has 0 aromatic heterocycles. The number of sulfonamides is 1. The number of aromatic carboxylic acids is 2. The van der Waals surface area contributed by atoms with Crippen LogP contribution in [0.3, 0.4) is 0 Å². The van der Waals surface area contributed by atoms with Gasteiger partial charge in [-0.1, -0.05) is 12.1 Å². The molecule has 0 atom stereocenters. The molecule has 0 spiro atoms. The van der Waals surface area contributed by atoms with Crippen LogP contribution in [0.15, 0.2) is 71.6 Å². The Bertz CT molecular complexity index is 1320. The van der Waals surface area contributed by atoms with Crippen LogP contribution in [-0.4, -0.2) is 36.5 Å². The monoisotopic (exact) mass is 454 g/mol. The van der Waals surface area contributed by atoms with Crippen LogP contribution in [0, 0.1) is 6.92 Å². The summed E-state index contributed by atoms with van der Waals surface area (Å²) in [6.45, 7) is 1.56. The SMILES string of the molecule is Cc1ccc(C(=O)Nc2ccc(C(=O)O)cc2)cc1S(=O)(=O)Nc1cccc(C(=O)O)c1. The van der Waals surface area contributed by atoms with E-state index in [9.17, 15) is 22.8 Å². The third kappa shape index (κ3) is 5.10. The number of carboxylic acid groups (broad SMARTS) is 2. The summed E-state index contributed by atoms with van der Waals surface area (Å²) in [5, 5.41) is 20.6. The molecule has 0 aliphatic rings. The van der Waals surface area contributed by atoms with Crippen LogP contribution in [-0.2, 0) is 10.0 Å². The first-order chi connectivity index (χ1) is 15.1. The van der Waals surface area contributed by atoms with Gasteiger partial charge in [0.1, 0.15) is 0 Å². The highest BCUT2D eigenvalue weighted by molar-refractivity contribution is 7.92. The van der Waals surface area contributed by atoms with E-state index in [1.807, 2.05) is 0 Å². The largest absolute Gasteiger partial charge is 0.478 e. The molecule has 3 aromatic carbocycles. The molecule has 1 amide bonds. The average molecular weight is 454 g/mol. The summed E-state index contributed by atoms with van der Waals surface area (Å²) in [6, 6.07) is 15.0. The summed E-state index contributed by atoms with van der Waals surface area (Å²) in [6.07, 6.45) is 0. The third-order valence-electron chi connectivity index (χ3n) is 4.49. The number of benzene rings is 3. The minimum Gasteiger partial charge on any atom is -0.478 e. The second-order valence-electron chi connectivity index (χ2n) is 6.81. The van der Waals surface area contributed by atoms with Gasteiger partial charge in [-0.3, -0.25) is 9.52 Å². The molecule has 0 aliphatic carbocycles. The van der Waals surface area contributed by atoms with Gasteiger partial charge < -0.3 is 15.5 Å². The first kappa shape index (κ1) is 22.5. The molecule has 9 nitrogen and oxygen atoms in total. The van der Waals surface area contributed by atoms with Crippen LogP contribution in [0.5, 0.6) is 0 Å². The van der Waals surface area contributed by atoms with Gasteiger partial charge in [-0.15, -0.1) is 0 Å². The van der Waals surface area contributed by atoms with Crippen molar-refractivity contribution in [2.24, 2.45) is 0 Å². The number of carbonyl (C=O) groups is 3. The zero-order chi connectivity index (χ0) is 23.5. The van der Waals surface area contributed by atoms with Crippen molar-refractivity contribution in [1.29, 1.82) is 0 Å². The van der Waals surface area contributed by atoms with Gasteiger partial charge in [-0.25, -0.2) is 18.0 Å². The summed E-state index contributed by atoms with van der Waals surface area (Å²) >= 11 is 0. The number of anilines is 2. The maximum absolute atomic E-state index is 12.9. The second kappa shape index (κ2) is 8.90. The fourth-order valence-corrected chi connectivity index (χ4v) is 4.18. The summed E-state index contributed by atoms with van der Waals surface area (Å²) in [5.74, 6) is -2.88. The standard InChI is InChI=1S/C22H18N2O7S/c1-13-5-6-15(20(25)23-17-9-7-14(8-10-17)21(26)27)12-19(13)32(30,31)24-18-4-2-3-16(11-18)22(28)29/h2-12,24H,1H3,(H,23,25)(H,26,27)(H,28,29). The predicted octanol–water partition coefficient (Wildman–Crippen LogP) is 3.44. The molecule has 164 valence electrons. The molecule has 0 fully saturated rings. The molecular weight excluding hydrogens is 436 g/mol. The minimum absolute atomic E-state index is 0.0600. The first-order valence-corrected chi connectivity index (χ1v) is 10.7. The van der Waals surface area contributed by atoms with Crippen molar-refractivity contribution in [1.82, 2.24) is 0 Å². The fourth-order valence-electron chi connectivity index (χ4n) is 2.86. The van der Waals surface area contributed by atoms with Gasteiger partial charge in [0.15, 0.2) is 0 Å². The number of amides is 1. The molecule has 0 saturated carbocycles. The topological polar surface area (TPSA) is 150 Å². The number of rotatable bonds is 7. The lowest BCUT2D eigenvalue weighted by molar-refractivity contribution is 0.0686. The molecule has 0 aliphatic heterocycles. The normalized spacial score (nSPS) is 10.9. The van der Waals surface area contributed by atoms with E-state index in [0.717, 1.165) is 0 Å². The highest BCUT2D eigenvalue weighted by Crippen LogP contribution is 2.22. The molecule has 0 radical (unpaired) electrons. The Morgan fingerprint density at radius 2 is 1.38 bits per heavy atom. The van der Waals surface area contributed by atoms with Gasteiger partial charge >= 0.3 is 11.9 Å². The zero-order valence-corrected chi connectivity index (χ0v) is 17.5. The van der Waals surface area contributed by atoms with Crippen LogP contribution in [0.4, 0.5) is 11.4 Å². The van der Waals surface area contributed by atoms with E-state index in [2.05, 4.69) is 10.0 Å². The smallest absolute Gasteiger partial charge is 0.335 e. The van der Waals surface area contributed by atoms with Crippen molar-refractivity contribution >= 4 is 39.2 Å². The maximum atomic E-state index is 12.9. The van der Waals surface area contributed by atoms with Crippen molar-refractivity contribution < 1.29 is 33.0 Å². The van der Waals surface area contributed by atoms with Gasteiger partial charge in [0, 0.05) is 16.9 Å². The second-order valence-corrected chi connectivity index (χ2v) is 8.46. The number of carboxylic acids is 2.